The molecule has 1 rings (SSSR count). The van der Waals surface area contributed by atoms with E-state index in [0.717, 1.165) is 12.1 Å². The topological polar surface area (TPSA) is 37.3 Å². The number of carbonyl (C=O) groups is 1. The van der Waals surface area contributed by atoms with Gasteiger partial charge in [0.15, 0.2) is 0 Å². The number of alkyl halides is 2. The third-order valence-electron chi connectivity index (χ3n) is 1.98. The lowest BCUT2D eigenvalue weighted by atomic mass is 9.96. The lowest BCUT2D eigenvalue weighted by molar-refractivity contribution is -0.138. The van der Waals surface area contributed by atoms with Gasteiger partial charge < -0.3 is 5.11 Å². The number of hydrogen-bond acceptors (Lipinski definition) is 1. The van der Waals surface area contributed by atoms with Gasteiger partial charge in [-0.15, -0.1) is 0 Å². The van der Waals surface area contributed by atoms with E-state index in [2.05, 4.69) is 0 Å². The smallest absolute Gasteiger partial charge is 0.304 e. The molecule has 5 heteroatoms. The molecule has 82 valence electrons. The van der Waals surface area contributed by atoms with E-state index in [0.29, 0.717) is 0 Å². The number of carboxylic acid groups (broad SMARTS) is 1. The van der Waals surface area contributed by atoms with Gasteiger partial charge in [-0.05, 0) is 17.7 Å². The number of aliphatic carboxylic acids is 1. The van der Waals surface area contributed by atoms with Crippen molar-refractivity contribution in [3.8, 4) is 0 Å². The molecule has 0 spiro atoms. The highest BCUT2D eigenvalue weighted by atomic mass is 19.3. The number of halogens is 3. The van der Waals surface area contributed by atoms with Crippen LogP contribution in [0.2, 0.25) is 0 Å². The van der Waals surface area contributed by atoms with Crippen molar-refractivity contribution in [2.75, 3.05) is 0 Å². The summed E-state index contributed by atoms with van der Waals surface area (Å²) in [5.41, 5.74) is 0.00685. The molecule has 1 N–H and O–H groups in total. The second-order valence-corrected chi connectivity index (χ2v) is 3.09. The van der Waals surface area contributed by atoms with E-state index in [4.69, 9.17) is 5.11 Å². The third-order valence-corrected chi connectivity index (χ3v) is 1.98. The molecule has 0 saturated heterocycles. The van der Waals surface area contributed by atoms with Crippen LogP contribution in [0, 0.1) is 5.82 Å². The minimum Gasteiger partial charge on any atom is -0.481 e. The number of hydrogen-bond donors (Lipinski definition) is 1. The van der Waals surface area contributed by atoms with E-state index in [1.54, 1.807) is 0 Å². The van der Waals surface area contributed by atoms with Gasteiger partial charge in [-0.25, -0.2) is 13.2 Å². The predicted octanol–water partition coefficient (Wildman–Crippen LogP) is 2.65. The normalized spacial score (nSPS) is 12.8. The maximum Gasteiger partial charge on any atom is 0.304 e. The second-order valence-electron chi connectivity index (χ2n) is 3.09. The molecule has 1 atom stereocenters. The van der Waals surface area contributed by atoms with Gasteiger partial charge in [0.2, 0.25) is 6.43 Å². The van der Waals surface area contributed by atoms with Gasteiger partial charge >= 0.3 is 5.97 Å². The Kier molecular flexibility index (Phi) is 3.71. The van der Waals surface area contributed by atoms with E-state index >= 15 is 0 Å². The molecule has 1 aromatic rings. The summed E-state index contributed by atoms with van der Waals surface area (Å²) < 4.78 is 37.7. The molecule has 0 bridgehead atoms. The first kappa shape index (κ1) is 11.6. The van der Waals surface area contributed by atoms with Crippen LogP contribution in [0.25, 0.3) is 0 Å². The largest absolute Gasteiger partial charge is 0.481 e. The predicted molar refractivity (Wildman–Crippen MR) is 47.4 cm³/mol. The zero-order valence-electron chi connectivity index (χ0n) is 7.66. The summed E-state index contributed by atoms with van der Waals surface area (Å²) in [4.78, 5) is 10.3. The summed E-state index contributed by atoms with van der Waals surface area (Å²) in [6.45, 7) is 0. The summed E-state index contributed by atoms with van der Waals surface area (Å²) in [5.74, 6) is -3.44. The Morgan fingerprint density at radius 2 is 2.07 bits per heavy atom. The molecular formula is C10H9F3O2. The van der Waals surface area contributed by atoms with Crippen LogP contribution < -0.4 is 0 Å². The molecule has 15 heavy (non-hydrogen) atoms. The van der Waals surface area contributed by atoms with Crippen molar-refractivity contribution in [3.63, 3.8) is 0 Å². The lowest BCUT2D eigenvalue weighted by Gasteiger charge is -2.13. The van der Waals surface area contributed by atoms with E-state index in [9.17, 15) is 18.0 Å². The maximum absolute atomic E-state index is 12.7. The molecule has 0 heterocycles. The molecule has 0 saturated carbocycles. The summed E-state index contributed by atoms with van der Waals surface area (Å²) in [7, 11) is 0. The lowest BCUT2D eigenvalue weighted by Crippen LogP contribution is -2.14. The molecule has 2 nitrogen and oxygen atoms in total. The Balaban J connectivity index is 2.93. The van der Waals surface area contributed by atoms with Crippen LogP contribution in [-0.4, -0.2) is 17.5 Å². The van der Waals surface area contributed by atoms with Gasteiger partial charge in [0.05, 0.1) is 12.3 Å². The van der Waals surface area contributed by atoms with E-state index in [-0.39, 0.29) is 5.56 Å². The SMILES string of the molecule is O=C(O)CC(c1cccc(F)c1)C(F)F. The minimum absolute atomic E-state index is 0.00685. The first-order valence-electron chi connectivity index (χ1n) is 4.26. The highest BCUT2D eigenvalue weighted by molar-refractivity contribution is 5.68. The average Bonchev–Trinajstić information content (AvgIpc) is 2.13. The Bertz CT molecular complexity index is 352. The van der Waals surface area contributed by atoms with Crippen LogP contribution in [0.4, 0.5) is 13.2 Å². The van der Waals surface area contributed by atoms with Crippen molar-refractivity contribution >= 4 is 5.97 Å². The Morgan fingerprint density at radius 1 is 1.40 bits per heavy atom. The molecule has 1 aromatic carbocycles. The van der Waals surface area contributed by atoms with Crippen LogP contribution in [0.1, 0.15) is 17.9 Å². The maximum atomic E-state index is 12.7. The number of benzene rings is 1. The van der Waals surface area contributed by atoms with Crippen LogP contribution in [0.5, 0.6) is 0 Å². The van der Waals surface area contributed by atoms with Crippen molar-refractivity contribution in [2.45, 2.75) is 18.8 Å². The Morgan fingerprint density at radius 3 is 2.53 bits per heavy atom. The van der Waals surface area contributed by atoms with Crippen molar-refractivity contribution in [1.82, 2.24) is 0 Å². The molecule has 0 aliphatic rings. The van der Waals surface area contributed by atoms with Gasteiger partial charge in [0, 0.05) is 0 Å². The van der Waals surface area contributed by atoms with Crippen LogP contribution in [0.3, 0.4) is 0 Å². The molecule has 0 radical (unpaired) electrons. The van der Waals surface area contributed by atoms with Crippen molar-refractivity contribution in [2.24, 2.45) is 0 Å². The fourth-order valence-electron chi connectivity index (χ4n) is 1.28. The molecule has 0 amide bonds. The molecular weight excluding hydrogens is 209 g/mol. The van der Waals surface area contributed by atoms with E-state index in [1.165, 1.54) is 12.1 Å². The van der Waals surface area contributed by atoms with Crippen LogP contribution in [0.15, 0.2) is 24.3 Å². The fraction of sp³-hybridized carbons (Fsp3) is 0.300. The molecule has 0 fully saturated rings. The fourth-order valence-corrected chi connectivity index (χ4v) is 1.28. The molecule has 0 aromatic heterocycles. The van der Waals surface area contributed by atoms with Crippen LogP contribution in [-0.2, 0) is 4.79 Å². The quantitative estimate of drug-likeness (QED) is 0.843. The Labute approximate surface area is 84.3 Å². The molecule has 0 aliphatic heterocycles. The Hall–Kier alpha value is -1.52. The number of rotatable bonds is 4. The zero-order valence-corrected chi connectivity index (χ0v) is 7.66. The van der Waals surface area contributed by atoms with E-state index < -0.39 is 30.6 Å². The minimum atomic E-state index is -2.82. The van der Waals surface area contributed by atoms with Crippen LogP contribution >= 0.6 is 0 Å². The zero-order chi connectivity index (χ0) is 11.4. The van der Waals surface area contributed by atoms with Gasteiger partial charge in [0.25, 0.3) is 0 Å². The average molecular weight is 218 g/mol. The summed E-state index contributed by atoms with van der Waals surface area (Å²) in [6.07, 6.45) is -3.52. The molecule has 0 aliphatic carbocycles. The summed E-state index contributed by atoms with van der Waals surface area (Å²) in [5, 5.41) is 8.44. The van der Waals surface area contributed by atoms with Gasteiger partial charge in [-0.1, -0.05) is 12.1 Å². The highest BCUT2D eigenvalue weighted by Crippen LogP contribution is 2.27. The van der Waals surface area contributed by atoms with Gasteiger partial charge in [-0.3, -0.25) is 4.79 Å². The van der Waals surface area contributed by atoms with E-state index in [1.807, 2.05) is 0 Å². The molecule has 1 unspecified atom stereocenters. The van der Waals surface area contributed by atoms with Gasteiger partial charge in [0.1, 0.15) is 5.82 Å². The first-order chi connectivity index (χ1) is 7.00. The monoisotopic (exact) mass is 218 g/mol. The first-order valence-corrected chi connectivity index (χ1v) is 4.26. The third kappa shape index (κ3) is 3.27. The summed E-state index contributed by atoms with van der Waals surface area (Å²) >= 11 is 0. The highest BCUT2D eigenvalue weighted by Gasteiger charge is 2.25. The van der Waals surface area contributed by atoms with Gasteiger partial charge in [-0.2, -0.15) is 0 Å². The number of carboxylic acids is 1. The standard InChI is InChI=1S/C10H9F3O2/c11-7-3-1-2-6(4-7)8(10(12)13)5-9(14)15/h1-4,8,10H,5H2,(H,14,15). The van der Waals surface area contributed by atoms with Crippen molar-refractivity contribution in [3.05, 3.63) is 35.6 Å². The van der Waals surface area contributed by atoms with Crippen molar-refractivity contribution < 1.29 is 23.1 Å². The second kappa shape index (κ2) is 4.82. The summed E-state index contributed by atoms with van der Waals surface area (Å²) in [6, 6.07) is 4.62. The van der Waals surface area contributed by atoms with Crippen molar-refractivity contribution in [1.29, 1.82) is 0 Å².